The molecule has 2 saturated carbocycles. The topological polar surface area (TPSA) is 75.5 Å². The molecule has 2 atom stereocenters. The number of carbonyl (C=O) groups excluding carboxylic acids is 3. The minimum Gasteiger partial charge on any atom is -0.335 e. The van der Waals surface area contributed by atoms with Gasteiger partial charge in [0.2, 0.25) is 17.7 Å². The zero-order valence-electron chi connectivity index (χ0n) is 15.4. The number of likely N-dealkylation sites (tertiary alicyclic amines) is 1. The summed E-state index contributed by atoms with van der Waals surface area (Å²) in [7, 11) is 1.82. The molecule has 7 nitrogen and oxygen atoms in total. The Bertz CT molecular complexity index is 735. The van der Waals surface area contributed by atoms with Crippen molar-refractivity contribution in [3.8, 4) is 0 Å². The predicted molar refractivity (Wildman–Crippen MR) is 93.8 cm³/mol. The van der Waals surface area contributed by atoms with Crippen molar-refractivity contribution in [2.75, 3.05) is 6.54 Å². The molecule has 4 rings (SSSR count). The molecule has 0 aromatic carbocycles. The average molecular weight is 358 g/mol. The maximum absolute atomic E-state index is 12.9. The fourth-order valence-corrected chi connectivity index (χ4v) is 4.08. The molecule has 2 aliphatic carbocycles. The van der Waals surface area contributed by atoms with Gasteiger partial charge < -0.3 is 4.90 Å². The van der Waals surface area contributed by atoms with E-state index in [0.29, 0.717) is 18.4 Å². The van der Waals surface area contributed by atoms with Gasteiger partial charge in [0.1, 0.15) is 6.54 Å². The summed E-state index contributed by atoms with van der Waals surface area (Å²) < 4.78 is 1.69. The van der Waals surface area contributed by atoms with Gasteiger partial charge in [-0.3, -0.25) is 24.0 Å². The number of imide groups is 1. The van der Waals surface area contributed by atoms with Crippen LogP contribution in [0.15, 0.2) is 12.4 Å². The van der Waals surface area contributed by atoms with Crippen LogP contribution in [0, 0.1) is 11.8 Å². The molecule has 3 aliphatic rings. The van der Waals surface area contributed by atoms with Crippen molar-refractivity contribution in [3.05, 3.63) is 18.0 Å². The molecule has 2 heterocycles. The second-order valence-corrected chi connectivity index (χ2v) is 8.06. The van der Waals surface area contributed by atoms with Crippen LogP contribution in [0.5, 0.6) is 0 Å². The van der Waals surface area contributed by atoms with Gasteiger partial charge in [-0.25, -0.2) is 0 Å². The normalized spacial score (nSPS) is 24.2. The maximum Gasteiger partial charge on any atom is 0.243 e. The monoisotopic (exact) mass is 358 g/mol. The summed E-state index contributed by atoms with van der Waals surface area (Å²) in [6.45, 7) is 2.00. The third-order valence-electron chi connectivity index (χ3n) is 5.84. The average Bonchev–Trinajstić information content (AvgIpc) is 3.50. The molecule has 0 bridgehead atoms. The lowest BCUT2D eigenvalue weighted by atomic mass is 10.0. The van der Waals surface area contributed by atoms with Crippen molar-refractivity contribution in [1.29, 1.82) is 0 Å². The molecule has 26 heavy (non-hydrogen) atoms. The first-order valence-electron chi connectivity index (χ1n) is 9.57. The lowest BCUT2D eigenvalue weighted by molar-refractivity contribution is -0.147. The van der Waals surface area contributed by atoms with Crippen LogP contribution < -0.4 is 0 Å². The molecule has 3 fully saturated rings. The molecule has 0 N–H and O–H groups in total. The molecule has 140 valence electrons. The number of rotatable bonds is 7. The molecule has 1 aromatic rings. The Hall–Kier alpha value is -2.18. The van der Waals surface area contributed by atoms with Gasteiger partial charge in [0.15, 0.2) is 0 Å². The van der Waals surface area contributed by atoms with Gasteiger partial charge in [0, 0.05) is 31.7 Å². The van der Waals surface area contributed by atoms with Crippen LogP contribution in [-0.4, -0.2) is 55.9 Å². The molecule has 1 aromatic heterocycles. The van der Waals surface area contributed by atoms with E-state index in [4.69, 9.17) is 0 Å². The highest BCUT2D eigenvalue weighted by Crippen LogP contribution is 2.40. The summed E-state index contributed by atoms with van der Waals surface area (Å²) >= 11 is 0. The lowest BCUT2D eigenvalue weighted by Gasteiger charge is -2.31. The smallest absolute Gasteiger partial charge is 0.243 e. The largest absolute Gasteiger partial charge is 0.335 e. The van der Waals surface area contributed by atoms with Crippen LogP contribution in [-0.2, 0) is 27.9 Å². The van der Waals surface area contributed by atoms with Crippen LogP contribution in [0.1, 0.15) is 44.6 Å². The number of aryl methyl sites for hydroxylation is 1. The first-order valence-corrected chi connectivity index (χ1v) is 9.57. The third kappa shape index (κ3) is 3.39. The molecular formula is C19H26N4O3. The number of hydrogen-bond donors (Lipinski definition) is 0. The van der Waals surface area contributed by atoms with Crippen LogP contribution in [0.3, 0.4) is 0 Å². The van der Waals surface area contributed by atoms with Gasteiger partial charge in [-0.05, 0) is 50.5 Å². The molecule has 7 heteroatoms. The quantitative estimate of drug-likeness (QED) is 0.685. The lowest BCUT2D eigenvalue weighted by Crippen LogP contribution is -2.48. The molecule has 2 unspecified atom stereocenters. The van der Waals surface area contributed by atoms with Crippen molar-refractivity contribution in [2.24, 2.45) is 18.9 Å². The summed E-state index contributed by atoms with van der Waals surface area (Å²) in [4.78, 5) is 41.1. The zero-order valence-corrected chi connectivity index (χ0v) is 15.4. The summed E-state index contributed by atoms with van der Waals surface area (Å²) in [6, 6.07) is 0.520. The number of amides is 3. The molecular weight excluding hydrogens is 332 g/mol. The van der Waals surface area contributed by atoms with Gasteiger partial charge in [0.05, 0.1) is 12.1 Å². The highest BCUT2D eigenvalue weighted by Gasteiger charge is 2.45. The van der Waals surface area contributed by atoms with Crippen LogP contribution in [0.4, 0.5) is 0 Å². The Morgan fingerprint density at radius 2 is 2.04 bits per heavy atom. The number of nitrogens with zero attached hydrogens (tertiary/aromatic N) is 4. The van der Waals surface area contributed by atoms with Gasteiger partial charge in [0.25, 0.3) is 0 Å². The Labute approximate surface area is 153 Å². The molecule has 1 saturated heterocycles. The molecule has 3 amide bonds. The fraction of sp³-hybridized carbons (Fsp3) is 0.684. The maximum atomic E-state index is 12.9. The van der Waals surface area contributed by atoms with Crippen molar-refractivity contribution in [3.63, 3.8) is 0 Å². The van der Waals surface area contributed by atoms with Gasteiger partial charge in [-0.2, -0.15) is 5.10 Å². The minimum absolute atomic E-state index is 0.0735. The number of carbonyl (C=O) groups is 3. The van der Waals surface area contributed by atoms with Crippen LogP contribution in [0.25, 0.3) is 0 Å². The van der Waals surface area contributed by atoms with Gasteiger partial charge >= 0.3 is 0 Å². The summed E-state index contributed by atoms with van der Waals surface area (Å²) in [5, 5.41) is 4.11. The van der Waals surface area contributed by atoms with E-state index < -0.39 is 0 Å². The van der Waals surface area contributed by atoms with E-state index >= 15 is 0 Å². The standard InChI is InChI=1S/C19H26N4O3/c1-12(14-3-4-14)23(16-5-6-16)18(25)11-22-17(24)8-15(19(22)26)7-13-9-20-21(2)10-13/h9-10,12,14-16H,3-8,11H2,1-2H3. The highest BCUT2D eigenvalue weighted by atomic mass is 16.2. The SMILES string of the molecule is CC(C1CC1)N(C(=O)CN1C(=O)CC(Cc2cnn(C)c2)C1=O)C1CC1. The van der Waals surface area contributed by atoms with Crippen molar-refractivity contribution >= 4 is 17.7 Å². The fourth-order valence-electron chi connectivity index (χ4n) is 4.08. The van der Waals surface area contributed by atoms with E-state index in [1.54, 1.807) is 10.9 Å². The number of hydrogen-bond acceptors (Lipinski definition) is 4. The van der Waals surface area contributed by atoms with Gasteiger partial charge in [-0.15, -0.1) is 0 Å². The summed E-state index contributed by atoms with van der Waals surface area (Å²) in [6.07, 6.45) is 8.67. The van der Waals surface area contributed by atoms with E-state index in [2.05, 4.69) is 12.0 Å². The van der Waals surface area contributed by atoms with E-state index in [1.165, 1.54) is 17.7 Å². The van der Waals surface area contributed by atoms with E-state index in [9.17, 15) is 14.4 Å². The van der Waals surface area contributed by atoms with Gasteiger partial charge in [-0.1, -0.05) is 0 Å². The van der Waals surface area contributed by atoms with Crippen LogP contribution >= 0.6 is 0 Å². The Morgan fingerprint density at radius 1 is 1.31 bits per heavy atom. The molecule has 0 spiro atoms. The summed E-state index contributed by atoms with van der Waals surface area (Å²) in [5.41, 5.74) is 0.939. The van der Waals surface area contributed by atoms with E-state index in [-0.39, 0.29) is 42.6 Å². The van der Waals surface area contributed by atoms with Crippen molar-refractivity contribution in [2.45, 2.75) is 57.5 Å². The minimum atomic E-state index is -0.380. The molecule has 0 radical (unpaired) electrons. The second kappa shape index (κ2) is 6.52. The highest BCUT2D eigenvalue weighted by molar-refractivity contribution is 6.06. The number of aromatic nitrogens is 2. The summed E-state index contributed by atoms with van der Waals surface area (Å²) in [5.74, 6) is -0.317. The molecule has 1 aliphatic heterocycles. The van der Waals surface area contributed by atoms with E-state index in [1.807, 2.05) is 18.1 Å². The second-order valence-electron chi connectivity index (χ2n) is 8.06. The zero-order chi connectivity index (χ0) is 18.4. The van der Waals surface area contributed by atoms with Crippen LogP contribution in [0.2, 0.25) is 0 Å². The first kappa shape index (κ1) is 17.2. The third-order valence-corrected chi connectivity index (χ3v) is 5.84. The Balaban J connectivity index is 1.41. The Kier molecular flexibility index (Phi) is 4.32. The van der Waals surface area contributed by atoms with Crippen molar-refractivity contribution < 1.29 is 14.4 Å². The van der Waals surface area contributed by atoms with Crippen molar-refractivity contribution in [1.82, 2.24) is 19.6 Å². The van der Waals surface area contributed by atoms with E-state index in [0.717, 1.165) is 18.4 Å². The predicted octanol–water partition coefficient (Wildman–Crippen LogP) is 1.13. The first-order chi connectivity index (χ1) is 12.4. The Morgan fingerprint density at radius 3 is 2.62 bits per heavy atom.